The van der Waals surface area contributed by atoms with Gasteiger partial charge < -0.3 is 29.3 Å². The summed E-state index contributed by atoms with van der Waals surface area (Å²) in [6.07, 6.45) is 1.54. The van der Waals surface area contributed by atoms with Crippen molar-refractivity contribution in [1.82, 2.24) is 15.0 Å². The van der Waals surface area contributed by atoms with Gasteiger partial charge in [-0.05, 0) is 30.7 Å². The van der Waals surface area contributed by atoms with Crippen molar-refractivity contribution in [1.29, 1.82) is 0 Å². The molecule has 1 aliphatic heterocycles. The number of ether oxygens (including phenoxy) is 3. The minimum atomic E-state index is -0.833. The summed E-state index contributed by atoms with van der Waals surface area (Å²) in [7, 11) is 1.49. The van der Waals surface area contributed by atoms with Crippen molar-refractivity contribution >= 4 is 24.1 Å². The summed E-state index contributed by atoms with van der Waals surface area (Å²) >= 11 is 0. The van der Waals surface area contributed by atoms with Crippen molar-refractivity contribution in [3.63, 3.8) is 0 Å². The van der Waals surface area contributed by atoms with E-state index in [4.69, 9.17) is 24.1 Å². The van der Waals surface area contributed by atoms with Crippen LogP contribution in [0.5, 0.6) is 17.5 Å². The van der Waals surface area contributed by atoms with E-state index in [1.54, 1.807) is 24.4 Å². The molecular formula is C19H26N6O6. The maximum Gasteiger partial charge on any atom is 0.322 e. The van der Waals surface area contributed by atoms with Gasteiger partial charge in [-0.25, -0.2) is 5.43 Å². The Morgan fingerprint density at radius 1 is 1.32 bits per heavy atom. The van der Waals surface area contributed by atoms with Gasteiger partial charge in [0.25, 0.3) is 11.9 Å². The molecule has 1 aliphatic rings. The molecule has 1 aromatic carbocycles. The Morgan fingerprint density at radius 2 is 2.03 bits per heavy atom. The first-order valence-electron chi connectivity index (χ1n) is 9.50. The van der Waals surface area contributed by atoms with Crippen LogP contribution >= 0.6 is 0 Å². The number of hydrazone groups is 1. The zero-order valence-electron chi connectivity index (χ0n) is 17.6. The highest BCUT2D eigenvalue weighted by Crippen LogP contribution is 2.26. The Hall–Kier alpha value is -3.67. The van der Waals surface area contributed by atoms with E-state index in [1.165, 1.54) is 7.11 Å². The second-order valence-electron chi connectivity index (χ2n) is 6.09. The third-order valence-corrected chi connectivity index (χ3v) is 3.74. The molecule has 12 nitrogen and oxygen atoms in total. The number of morpholine rings is 1. The van der Waals surface area contributed by atoms with E-state index in [-0.39, 0.29) is 17.7 Å². The smallest absolute Gasteiger partial charge is 0.322 e. The minimum absolute atomic E-state index is 0.0530. The second-order valence-corrected chi connectivity index (χ2v) is 6.09. The number of anilines is 2. The fourth-order valence-corrected chi connectivity index (χ4v) is 2.45. The van der Waals surface area contributed by atoms with E-state index in [9.17, 15) is 5.11 Å². The first-order chi connectivity index (χ1) is 14.9. The van der Waals surface area contributed by atoms with E-state index in [0.29, 0.717) is 50.2 Å². The number of rotatable bonds is 7. The van der Waals surface area contributed by atoms with Crippen molar-refractivity contribution in [3.05, 3.63) is 23.8 Å². The maximum atomic E-state index is 9.92. The third kappa shape index (κ3) is 7.93. The van der Waals surface area contributed by atoms with Crippen LogP contribution in [0.2, 0.25) is 0 Å². The number of phenolic OH excluding ortho intramolecular Hbond substituents is 1. The average Bonchev–Trinajstić information content (AvgIpc) is 2.76. The third-order valence-electron chi connectivity index (χ3n) is 3.74. The molecule has 12 heteroatoms. The van der Waals surface area contributed by atoms with Gasteiger partial charge in [0.15, 0.2) is 11.5 Å². The number of aromatic nitrogens is 3. The normalized spacial score (nSPS) is 13.3. The van der Waals surface area contributed by atoms with Gasteiger partial charge in [0.05, 0.1) is 33.1 Å². The number of carbonyl (C=O) groups is 1. The standard InChI is InChI=1S/C17H22N6O4.C2H4O2/c1-3-27-14-5-4-12(10-13(14)24)11-18-22-15-19-16(21-17(20-15)25-2)23-6-8-26-9-7-23;1-2(3)4/h4-5,10-11,24H,3,6-9H2,1-2H3,(H,19,20,21,22);1H3,(H,3,4). The zero-order valence-corrected chi connectivity index (χ0v) is 17.6. The van der Waals surface area contributed by atoms with Crippen LogP contribution in [0.4, 0.5) is 11.9 Å². The number of methoxy groups -OCH3 is 1. The zero-order chi connectivity index (χ0) is 22.6. The quantitative estimate of drug-likeness (QED) is 0.428. The summed E-state index contributed by atoms with van der Waals surface area (Å²) in [6.45, 7) is 6.05. The summed E-state index contributed by atoms with van der Waals surface area (Å²) in [6, 6.07) is 5.22. The lowest BCUT2D eigenvalue weighted by Crippen LogP contribution is -2.37. The van der Waals surface area contributed by atoms with E-state index in [1.807, 2.05) is 11.8 Å². The van der Waals surface area contributed by atoms with Gasteiger partial charge in [0.2, 0.25) is 5.95 Å². The molecule has 0 atom stereocenters. The maximum absolute atomic E-state index is 9.92. The van der Waals surface area contributed by atoms with E-state index in [0.717, 1.165) is 6.92 Å². The Bertz CT molecular complexity index is 884. The van der Waals surface area contributed by atoms with E-state index >= 15 is 0 Å². The molecule has 0 spiro atoms. The number of nitrogens with zero attached hydrogens (tertiary/aromatic N) is 5. The lowest BCUT2D eigenvalue weighted by atomic mass is 10.2. The number of carboxylic acids is 1. The highest BCUT2D eigenvalue weighted by molar-refractivity contribution is 5.81. The molecule has 3 N–H and O–H groups in total. The summed E-state index contributed by atoms with van der Waals surface area (Å²) in [5.41, 5.74) is 3.46. The van der Waals surface area contributed by atoms with Crippen LogP contribution in [0, 0.1) is 0 Å². The van der Waals surface area contributed by atoms with Crippen molar-refractivity contribution in [2.24, 2.45) is 5.10 Å². The molecule has 1 saturated heterocycles. The highest BCUT2D eigenvalue weighted by Gasteiger charge is 2.16. The average molecular weight is 434 g/mol. The number of hydrogen-bond acceptors (Lipinski definition) is 11. The molecule has 0 aliphatic carbocycles. The second kappa shape index (κ2) is 12.1. The van der Waals surface area contributed by atoms with Gasteiger partial charge in [0, 0.05) is 20.0 Å². The summed E-state index contributed by atoms with van der Waals surface area (Å²) in [4.78, 5) is 23.8. The largest absolute Gasteiger partial charge is 0.504 e. The van der Waals surface area contributed by atoms with Crippen LogP contribution < -0.4 is 19.8 Å². The number of carboxylic acid groups (broad SMARTS) is 1. The number of aliphatic carboxylic acids is 1. The molecular weight excluding hydrogens is 408 g/mol. The predicted octanol–water partition coefficient (Wildman–Crippen LogP) is 1.36. The monoisotopic (exact) mass is 434 g/mol. The molecule has 0 radical (unpaired) electrons. The van der Waals surface area contributed by atoms with Crippen LogP contribution in [-0.2, 0) is 9.53 Å². The van der Waals surface area contributed by atoms with Gasteiger partial charge >= 0.3 is 6.01 Å². The Balaban J connectivity index is 0.000000785. The topological polar surface area (TPSA) is 152 Å². The molecule has 31 heavy (non-hydrogen) atoms. The Morgan fingerprint density at radius 3 is 2.65 bits per heavy atom. The highest BCUT2D eigenvalue weighted by atomic mass is 16.5. The van der Waals surface area contributed by atoms with Gasteiger partial charge in [0.1, 0.15) is 0 Å². The lowest BCUT2D eigenvalue weighted by molar-refractivity contribution is -0.134. The summed E-state index contributed by atoms with van der Waals surface area (Å²) < 4.78 is 15.8. The molecule has 0 saturated carbocycles. The predicted molar refractivity (Wildman–Crippen MR) is 113 cm³/mol. The molecule has 3 rings (SSSR count). The fourth-order valence-electron chi connectivity index (χ4n) is 2.45. The first kappa shape index (κ1) is 23.6. The fraction of sp³-hybridized carbons (Fsp3) is 0.421. The van der Waals surface area contributed by atoms with Gasteiger partial charge in [-0.1, -0.05) is 0 Å². The Kier molecular flexibility index (Phi) is 9.23. The molecule has 0 amide bonds. The van der Waals surface area contributed by atoms with Crippen LogP contribution in [0.1, 0.15) is 19.4 Å². The van der Waals surface area contributed by atoms with E-state index in [2.05, 4.69) is 25.5 Å². The number of benzene rings is 1. The van der Waals surface area contributed by atoms with Crippen molar-refractivity contribution in [2.45, 2.75) is 13.8 Å². The number of hydrogen-bond donors (Lipinski definition) is 3. The molecule has 2 heterocycles. The van der Waals surface area contributed by atoms with Crippen molar-refractivity contribution < 1.29 is 29.2 Å². The molecule has 0 bridgehead atoms. The molecule has 1 aromatic heterocycles. The SMILES string of the molecule is CC(=O)O.CCOc1ccc(C=NNc2nc(OC)nc(N3CCOCC3)n2)cc1O. The number of aromatic hydroxyl groups is 1. The van der Waals surface area contributed by atoms with Crippen molar-refractivity contribution in [2.75, 3.05) is 50.3 Å². The summed E-state index contributed by atoms with van der Waals surface area (Å²) in [5, 5.41) is 21.4. The summed E-state index contributed by atoms with van der Waals surface area (Å²) in [5.74, 6) is 0.411. The first-order valence-corrected chi connectivity index (χ1v) is 9.50. The molecule has 168 valence electrons. The minimum Gasteiger partial charge on any atom is -0.504 e. The molecule has 0 unspecified atom stereocenters. The number of nitrogens with one attached hydrogen (secondary N) is 1. The van der Waals surface area contributed by atoms with Crippen LogP contribution in [-0.4, -0.2) is 77.4 Å². The lowest BCUT2D eigenvalue weighted by Gasteiger charge is -2.26. The molecule has 1 fully saturated rings. The Labute approximate surface area is 179 Å². The van der Waals surface area contributed by atoms with Crippen LogP contribution in [0.3, 0.4) is 0 Å². The van der Waals surface area contributed by atoms with Crippen LogP contribution in [0.15, 0.2) is 23.3 Å². The molecule has 2 aromatic rings. The van der Waals surface area contributed by atoms with Crippen molar-refractivity contribution in [3.8, 4) is 17.5 Å². The number of phenols is 1. The van der Waals surface area contributed by atoms with Gasteiger partial charge in [-0.2, -0.15) is 20.1 Å². The van der Waals surface area contributed by atoms with Gasteiger partial charge in [-0.15, -0.1) is 0 Å². The van der Waals surface area contributed by atoms with Gasteiger partial charge in [-0.3, -0.25) is 4.79 Å². The van der Waals surface area contributed by atoms with Crippen LogP contribution in [0.25, 0.3) is 0 Å². The van der Waals surface area contributed by atoms with E-state index < -0.39 is 5.97 Å².